The Morgan fingerprint density at radius 2 is 0.540 bits per heavy atom. The van der Waals surface area contributed by atoms with Gasteiger partial charge in [-0.3, -0.25) is 0 Å². The summed E-state index contributed by atoms with van der Waals surface area (Å²) in [7, 11) is 0. The van der Waals surface area contributed by atoms with Gasteiger partial charge in [-0.2, -0.15) is 0 Å². The van der Waals surface area contributed by atoms with Crippen molar-refractivity contribution in [3.8, 4) is 0 Å². The zero-order chi connectivity index (χ0) is 42.0. The normalized spacial score (nSPS) is 12.4. The van der Waals surface area contributed by atoms with Gasteiger partial charge in [0.25, 0.3) is 0 Å². The van der Waals surface area contributed by atoms with E-state index in [1.807, 2.05) is 0 Å². The summed E-state index contributed by atoms with van der Waals surface area (Å²) in [5.41, 5.74) is 16.3. The molecule has 0 atom stereocenters. The Labute approximate surface area is 369 Å². The van der Waals surface area contributed by atoms with Crippen molar-refractivity contribution in [2.24, 2.45) is 0 Å². The van der Waals surface area contributed by atoms with Crippen LogP contribution in [0.2, 0.25) is 0 Å². The predicted molar refractivity (Wildman–Crippen MR) is 254 cm³/mol. The minimum Gasteiger partial charge on any atom is -0.332 e. The van der Waals surface area contributed by atoms with Gasteiger partial charge in [-0.05, 0) is 83.9 Å². The maximum atomic E-state index is 3.99. The number of aromatic nitrogens is 4. The molecule has 1 aliphatic rings. The Kier molecular flexibility index (Phi) is 9.96. The predicted octanol–water partition coefficient (Wildman–Crippen LogP) is 12.6. The lowest BCUT2D eigenvalue weighted by Gasteiger charge is -2.26. The molecule has 298 valence electrons. The van der Waals surface area contributed by atoms with Crippen LogP contribution in [0.1, 0.15) is 78.9 Å². The Bertz CT molecular complexity index is 2870. The van der Waals surface area contributed by atoms with Crippen molar-refractivity contribution in [3.05, 3.63) is 327 Å². The number of benzene rings is 6. The Morgan fingerprint density at radius 3 is 0.873 bits per heavy atom. The molecule has 0 radical (unpaired) electrons. The molecule has 0 amide bonds. The highest BCUT2D eigenvalue weighted by Crippen LogP contribution is 2.42. The van der Waals surface area contributed by atoms with E-state index in [0.29, 0.717) is 0 Å². The summed E-state index contributed by atoms with van der Waals surface area (Å²) in [4.78, 5) is 18.3. The molecule has 0 spiro atoms. The molecular weight excluding hydrogens is 767 g/mol. The molecule has 6 aromatic carbocycles. The maximum Gasteiger partial charge on any atom is 0.126 e. The molecule has 0 saturated heterocycles. The van der Waals surface area contributed by atoms with Gasteiger partial charge in [-0.1, -0.05) is 60.7 Å². The van der Waals surface area contributed by atoms with Crippen molar-refractivity contribution in [2.75, 3.05) is 4.90 Å². The van der Waals surface area contributed by atoms with Crippen LogP contribution in [-0.2, 0) is 13.1 Å². The van der Waals surface area contributed by atoms with E-state index in [9.17, 15) is 0 Å². The van der Waals surface area contributed by atoms with E-state index in [1.54, 1.807) is 0 Å². The van der Waals surface area contributed by atoms with E-state index < -0.39 is 0 Å². The molecule has 0 aliphatic carbocycles. The van der Waals surface area contributed by atoms with Crippen molar-refractivity contribution in [3.63, 3.8) is 0 Å². The summed E-state index contributed by atoms with van der Waals surface area (Å²) in [6, 6.07) is 80.2. The van der Waals surface area contributed by atoms with Crippen LogP contribution in [0.5, 0.6) is 0 Å². The lowest BCUT2D eigenvalue weighted by molar-refractivity contribution is 0.795. The quantitative estimate of drug-likeness (QED) is 0.108. The second-order valence-electron chi connectivity index (χ2n) is 16.1. The summed E-state index contributed by atoms with van der Waals surface area (Å²) < 4.78 is 0. The average molecular weight is 812 g/mol. The van der Waals surface area contributed by atoms with Gasteiger partial charge in [0, 0.05) is 42.5 Å². The third kappa shape index (κ3) is 7.47. The van der Waals surface area contributed by atoms with E-state index in [-0.39, 0.29) is 0 Å². The Hall–Kier alpha value is -8.28. The van der Waals surface area contributed by atoms with Crippen molar-refractivity contribution in [1.29, 1.82) is 0 Å². The van der Waals surface area contributed by atoms with Crippen LogP contribution in [0.4, 0.5) is 5.69 Å². The first kappa shape index (κ1) is 37.7. The number of hydrogen-bond acceptors (Lipinski definition) is 1. The molecule has 4 N–H and O–H groups in total. The summed E-state index contributed by atoms with van der Waals surface area (Å²) >= 11 is 0. The monoisotopic (exact) mass is 811 g/mol. The van der Waals surface area contributed by atoms with Gasteiger partial charge in [0.2, 0.25) is 0 Å². The molecule has 5 heteroatoms. The summed E-state index contributed by atoms with van der Waals surface area (Å²) in [6.45, 7) is 1.49. The van der Waals surface area contributed by atoms with Crippen LogP contribution in [0, 0.1) is 23.7 Å². The number of rotatable bonds is 9. The highest BCUT2D eigenvalue weighted by atomic mass is 15.1. The SMILES string of the molecule is c1ccc(CN(Cc2ccccc2)c2ccccc2[C+]2c3ccc([nH]3)[C+](c3ccccc3)c3ccc([nH]3)[C+](c3ccccc3)c3ccc([nH]3)[C+](c3ccccc3)c3ccc2[nH]3)cc1. The van der Waals surface area contributed by atoms with Crippen molar-refractivity contribution in [2.45, 2.75) is 13.1 Å². The zero-order valence-corrected chi connectivity index (χ0v) is 34.7. The summed E-state index contributed by atoms with van der Waals surface area (Å²) in [5, 5.41) is 0. The number of anilines is 1. The minimum absolute atomic E-state index is 0.746. The van der Waals surface area contributed by atoms with Crippen LogP contribution < -0.4 is 4.90 Å². The molecule has 0 saturated carbocycles. The molecule has 0 fully saturated rings. The van der Waals surface area contributed by atoms with E-state index in [1.165, 1.54) is 11.1 Å². The first-order chi connectivity index (χ1) is 31.2. The van der Waals surface area contributed by atoms with Crippen molar-refractivity contribution in [1.82, 2.24) is 19.9 Å². The number of hydrogen-bond donors (Lipinski definition) is 4. The second-order valence-corrected chi connectivity index (χ2v) is 16.1. The number of aromatic amines is 4. The largest absolute Gasteiger partial charge is 0.332 e. The van der Waals surface area contributed by atoms with Gasteiger partial charge < -0.3 is 24.8 Å². The fourth-order valence-electron chi connectivity index (χ4n) is 9.16. The third-order valence-corrected chi connectivity index (χ3v) is 12.0. The average Bonchev–Trinajstić information content (AvgIpc) is 4.20. The van der Waals surface area contributed by atoms with E-state index in [4.69, 9.17) is 0 Å². The van der Waals surface area contributed by atoms with Crippen molar-refractivity contribution < 1.29 is 0 Å². The van der Waals surface area contributed by atoms with E-state index in [2.05, 4.69) is 249 Å². The van der Waals surface area contributed by atoms with Gasteiger partial charge in [0.1, 0.15) is 80.5 Å². The van der Waals surface area contributed by atoms with Crippen LogP contribution in [0.15, 0.2) is 224 Å². The van der Waals surface area contributed by atoms with E-state index >= 15 is 0 Å². The lowest BCUT2D eigenvalue weighted by atomic mass is 9.90. The van der Waals surface area contributed by atoms with Gasteiger partial charge in [-0.15, -0.1) is 0 Å². The first-order valence-electron chi connectivity index (χ1n) is 21.6. The molecule has 8 bridgehead atoms. The third-order valence-electron chi connectivity index (χ3n) is 12.0. The number of H-pyrrole nitrogens is 4. The highest BCUT2D eigenvalue weighted by Gasteiger charge is 2.38. The first-order valence-corrected chi connectivity index (χ1v) is 21.6. The molecule has 10 aromatic rings. The highest BCUT2D eigenvalue weighted by molar-refractivity contribution is 5.69. The lowest BCUT2D eigenvalue weighted by Crippen LogP contribution is -2.24. The van der Waals surface area contributed by atoms with Crippen molar-refractivity contribution >= 4 is 5.69 Å². The molecule has 63 heavy (non-hydrogen) atoms. The maximum absolute atomic E-state index is 3.99. The van der Waals surface area contributed by atoms with E-state index in [0.717, 1.165) is 110 Å². The fourth-order valence-corrected chi connectivity index (χ4v) is 9.16. The standard InChI is InChI=1S/C58H45N5/c1-6-18-40(19-7-1)38-63(39-41-20-8-2-9-21-41)54-29-17-16-28-45(54)58-52-36-34-50(61-52)56(43-24-12-4-13-25-43)48-32-30-46(59-48)55(42-22-10-3-11-23-42)47-31-33-49(60-47)57(44-26-14-5-15-27-44)51-35-37-53(58)62-51/h1-37,59-62H,38-39H2/q+4. The van der Waals surface area contributed by atoms with Gasteiger partial charge in [0.15, 0.2) is 0 Å². The number of nitrogens with zero attached hydrogens (tertiary/aromatic N) is 1. The number of fused-ring (bicyclic) bond motifs is 8. The van der Waals surface area contributed by atoms with Crippen LogP contribution >= 0.6 is 0 Å². The molecule has 5 nitrogen and oxygen atoms in total. The topological polar surface area (TPSA) is 66.4 Å². The summed E-state index contributed by atoms with van der Waals surface area (Å²) in [5.74, 6) is 4.37. The smallest absolute Gasteiger partial charge is 0.126 e. The minimum atomic E-state index is 0.746. The zero-order valence-electron chi connectivity index (χ0n) is 34.7. The molecule has 1 aliphatic heterocycles. The Morgan fingerprint density at radius 1 is 0.270 bits per heavy atom. The van der Waals surface area contributed by atoms with Crippen LogP contribution in [-0.4, -0.2) is 19.9 Å². The molecular formula is C58H45N5+4. The molecule has 11 rings (SSSR count). The number of para-hydroxylation sites is 1. The number of nitrogens with one attached hydrogen (secondary N) is 4. The molecule has 5 heterocycles. The Balaban J connectivity index is 1.13. The van der Waals surface area contributed by atoms with Crippen LogP contribution in [0.25, 0.3) is 0 Å². The fraction of sp³-hybridized carbons (Fsp3) is 0.0345. The summed E-state index contributed by atoms with van der Waals surface area (Å²) in [6.07, 6.45) is 0. The molecule has 0 unspecified atom stereocenters. The van der Waals surface area contributed by atoms with Crippen LogP contribution in [0.3, 0.4) is 0 Å². The van der Waals surface area contributed by atoms with Gasteiger partial charge in [-0.25, -0.2) is 0 Å². The van der Waals surface area contributed by atoms with Gasteiger partial charge >= 0.3 is 0 Å². The molecule has 4 aromatic heterocycles. The van der Waals surface area contributed by atoms with Gasteiger partial charge in [0.05, 0.1) is 78.3 Å². The second kappa shape index (κ2) is 16.6.